The number of carbonyl (C=O) groups excluding carboxylic acids is 2. The highest BCUT2D eigenvalue weighted by atomic mass is 79.9. The molecule has 0 radical (unpaired) electrons. The predicted molar refractivity (Wildman–Crippen MR) is 91.8 cm³/mol. The normalized spacial score (nSPS) is 9.74. The minimum atomic E-state index is -0.363. The first kappa shape index (κ1) is 16.7. The second kappa shape index (κ2) is 8.11. The van der Waals surface area contributed by atoms with Crippen LogP contribution in [0.4, 0.5) is 11.4 Å². The average molecular weight is 372 g/mol. The summed E-state index contributed by atoms with van der Waals surface area (Å²) in [4.78, 5) is 23.3. The Morgan fingerprint density at radius 1 is 0.957 bits per heavy atom. The Morgan fingerprint density at radius 3 is 2.09 bits per heavy atom. The van der Waals surface area contributed by atoms with E-state index >= 15 is 0 Å². The third-order valence-electron chi connectivity index (χ3n) is 3.00. The summed E-state index contributed by atoms with van der Waals surface area (Å²) < 4.78 is 0.894. The molecular weight excluding hydrogens is 358 g/mol. The van der Waals surface area contributed by atoms with E-state index in [1.54, 1.807) is 30.3 Å². The number of anilines is 2. The maximum absolute atomic E-state index is 12.0. The van der Waals surface area contributed by atoms with Crippen molar-refractivity contribution in [3.63, 3.8) is 0 Å². The number of nitriles is 1. The van der Waals surface area contributed by atoms with E-state index in [0.717, 1.165) is 10.0 Å². The summed E-state index contributed by atoms with van der Waals surface area (Å²) in [6, 6.07) is 16.1. The summed E-state index contributed by atoms with van der Waals surface area (Å²) in [6.45, 7) is 0. The highest BCUT2D eigenvalue weighted by Gasteiger charge is 2.07. The van der Waals surface area contributed by atoms with Crippen molar-refractivity contribution in [3.05, 3.63) is 58.6 Å². The lowest BCUT2D eigenvalue weighted by Crippen LogP contribution is -2.15. The topological polar surface area (TPSA) is 82.0 Å². The van der Waals surface area contributed by atoms with E-state index in [0.29, 0.717) is 11.4 Å². The minimum absolute atomic E-state index is 0.127. The molecule has 23 heavy (non-hydrogen) atoms. The number of carbonyl (C=O) groups is 2. The Hall–Kier alpha value is -2.65. The molecule has 0 saturated heterocycles. The number of hydrogen-bond acceptors (Lipinski definition) is 3. The fourth-order valence-corrected chi connectivity index (χ4v) is 2.36. The summed E-state index contributed by atoms with van der Waals surface area (Å²) in [5, 5.41) is 13.8. The van der Waals surface area contributed by atoms with Crippen LogP contribution in [0.3, 0.4) is 0 Å². The molecule has 116 valence electrons. The van der Waals surface area contributed by atoms with E-state index in [9.17, 15) is 9.59 Å². The summed E-state index contributed by atoms with van der Waals surface area (Å²) in [5.74, 6) is -0.489. The molecule has 6 heteroatoms. The molecule has 0 fully saturated rings. The van der Waals surface area contributed by atoms with Crippen molar-refractivity contribution in [1.29, 1.82) is 5.26 Å². The van der Waals surface area contributed by atoms with Crippen LogP contribution in [0.15, 0.2) is 53.0 Å². The summed E-state index contributed by atoms with van der Waals surface area (Å²) in [6.07, 6.45) is 0.0759. The molecule has 0 heterocycles. The molecule has 0 aliphatic heterocycles. The van der Waals surface area contributed by atoms with Gasteiger partial charge in [0, 0.05) is 15.8 Å². The Balaban J connectivity index is 1.93. The number of nitrogens with zero attached hydrogens (tertiary/aromatic N) is 1. The number of rotatable bonds is 5. The van der Waals surface area contributed by atoms with Gasteiger partial charge in [-0.15, -0.1) is 0 Å². The van der Waals surface area contributed by atoms with Gasteiger partial charge in [0.2, 0.25) is 11.8 Å². The van der Waals surface area contributed by atoms with Gasteiger partial charge in [0.1, 0.15) is 6.42 Å². The molecule has 0 aliphatic carbocycles. The number of benzene rings is 2. The third-order valence-corrected chi connectivity index (χ3v) is 3.77. The number of amides is 2. The molecule has 0 bridgehead atoms. The zero-order chi connectivity index (χ0) is 16.7. The van der Waals surface area contributed by atoms with Gasteiger partial charge < -0.3 is 10.6 Å². The molecule has 0 saturated carbocycles. The van der Waals surface area contributed by atoms with Crippen LogP contribution in [0.25, 0.3) is 0 Å². The number of halogens is 1. The van der Waals surface area contributed by atoms with Crippen LogP contribution in [0, 0.1) is 11.3 Å². The number of hydrogen-bond donors (Lipinski definition) is 2. The van der Waals surface area contributed by atoms with Crippen molar-refractivity contribution in [2.24, 2.45) is 0 Å². The Kier molecular flexibility index (Phi) is 5.89. The van der Waals surface area contributed by atoms with Gasteiger partial charge in [-0.25, -0.2) is 0 Å². The lowest BCUT2D eigenvalue weighted by molar-refractivity contribution is -0.116. The van der Waals surface area contributed by atoms with Gasteiger partial charge in [0.05, 0.1) is 12.5 Å². The first-order chi connectivity index (χ1) is 11.1. The van der Waals surface area contributed by atoms with Crippen molar-refractivity contribution >= 4 is 39.1 Å². The number of nitrogens with one attached hydrogen (secondary N) is 2. The second-order valence-corrected chi connectivity index (χ2v) is 5.63. The fourth-order valence-electron chi connectivity index (χ4n) is 1.93. The highest BCUT2D eigenvalue weighted by molar-refractivity contribution is 9.10. The zero-order valence-electron chi connectivity index (χ0n) is 12.2. The molecular formula is C17H14BrN3O2. The molecule has 2 N–H and O–H groups in total. The van der Waals surface area contributed by atoms with Crippen molar-refractivity contribution in [3.8, 4) is 6.07 Å². The molecule has 0 aromatic heterocycles. The Labute approximate surface area is 142 Å². The molecule has 2 aromatic carbocycles. The molecule has 0 aliphatic rings. The van der Waals surface area contributed by atoms with Gasteiger partial charge in [0.25, 0.3) is 0 Å². The van der Waals surface area contributed by atoms with Crippen LogP contribution in [0.1, 0.15) is 12.0 Å². The van der Waals surface area contributed by atoms with Crippen LogP contribution < -0.4 is 10.6 Å². The van der Waals surface area contributed by atoms with E-state index in [4.69, 9.17) is 5.26 Å². The van der Waals surface area contributed by atoms with Crippen LogP contribution in [-0.2, 0) is 16.0 Å². The maximum atomic E-state index is 12.0. The summed E-state index contributed by atoms with van der Waals surface area (Å²) >= 11 is 3.41. The standard InChI is InChI=1S/C17H14BrN3O2/c18-15-4-2-1-3-12(15)11-17(23)21-14-7-5-13(6-8-14)20-16(22)9-10-19/h1-8H,9,11H2,(H,20,22)(H,21,23). The zero-order valence-corrected chi connectivity index (χ0v) is 13.8. The van der Waals surface area contributed by atoms with Crippen LogP contribution in [0.5, 0.6) is 0 Å². The molecule has 2 rings (SSSR count). The van der Waals surface area contributed by atoms with Crippen LogP contribution in [0.2, 0.25) is 0 Å². The van der Waals surface area contributed by atoms with Gasteiger partial charge in [0.15, 0.2) is 0 Å². The largest absolute Gasteiger partial charge is 0.326 e. The van der Waals surface area contributed by atoms with Crippen molar-refractivity contribution < 1.29 is 9.59 Å². The molecule has 0 atom stereocenters. The first-order valence-electron chi connectivity index (χ1n) is 6.88. The van der Waals surface area contributed by atoms with Crippen LogP contribution >= 0.6 is 15.9 Å². The third kappa shape index (κ3) is 5.24. The molecule has 5 nitrogen and oxygen atoms in total. The van der Waals surface area contributed by atoms with E-state index < -0.39 is 0 Å². The molecule has 2 aromatic rings. The van der Waals surface area contributed by atoms with Crippen molar-refractivity contribution in [2.75, 3.05) is 10.6 Å². The molecule has 0 spiro atoms. The Bertz CT molecular complexity index is 751. The van der Waals surface area contributed by atoms with Gasteiger partial charge in [-0.05, 0) is 35.9 Å². The fraction of sp³-hybridized carbons (Fsp3) is 0.118. The predicted octanol–water partition coefficient (Wildman–Crippen LogP) is 3.48. The lowest BCUT2D eigenvalue weighted by Gasteiger charge is -2.08. The van der Waals surface area contributed by atoms with Gasteiger partial charge in [-0.2, -0.15) is 5.26 Å². The first-order valence-corrected chi connectivity index (χ1v) is 7.68. The summed E-state index contributed by atoms with van der Waals surface area (Å²) in [7, 11) is 0. The van der Waals surface area contributed by atoms with E-state index in [1.165, 1.54) is 0 Å². The SMILES string of the molecule is N#CCC(=O)Nc1ccc(NC(=O)Cc2ccccc2Br)cc1. The quantitative estimate of drug-likeness (QED) is 0.843. The van der Waals surface area contributed by atoms with Gasteiger partial charge in [-0.1, -0.05) is 34.1 Å². The van der Waals surface area contributed by atoms with E-state index in [-0.39, 0.29) is 24.7 Å². The highest BCUT2D eigenvalue weighted by Crippen LogP contribution is 2.18. The summed E-state index contributed by atoms with van der Waals surface area (Å²) in [5.41, 5.74) is 2.12. The monoisotopic (exact) mass is 371 g/mol. The average Bonchev–Trinajstić information content (AvgIpc) is 2.52. The maximum Gasteiger partial charge on any atom is 0.238 e. The van der Waals surface area contributed by atoms with E-state index in [2.05, 4.69) is 26.6 Å². The minimum Gasteiger partial charge on any atom is -0.326 e. The van der Waals surface area contributed by atoms with Crippen LogP contribution in [-0.4, -0.2) is 11.8 Å². The van der Waals surface area contributed by atoms with Gasteiger partial charge >= 0.3 is 0 Å². The van der Waals surface area contributed by atoms with Gasteiger partial charge in [-0.3, -0.25) is 9.59 Å². The van der Waals surface area contributed by atoms with Crippen molar-refractivity contribution in [2.45, 2.75) is 12.8 Å². The smallest absolute Gasteiger partial charge is 0.238 e. The molecule has 2 amide bonds. The lowest BCUT2D eigenvalue weighted by atomic mass is 10.1. The van der Waals surface area contributed by atoms with Crippen molar-refractivity contribution in [1.82, 2.24) is 0 Å². The second-order valence-electron chi connectivity index (χ2n) is 4.78. The van der Waals surface area contributed by atoms with E-state index in [1.807, 2.05) is 24.3 Å². The Morgan fingerprint density at radius 2 is 1.52 bits per heavy atom. The molecule has 0 unspecified atom stereocenters.